The van der Waals surface area contributed by atoms with Gasteiger partial charge in [-0.1, -0.05) is 25.4 Å². The van der Waals surface area contributed by atoms with E-state index in [0.717, 1.165) is 5.56 Å². The van der Waals surface area contributed by atoms with Crippen LogP contribution < -0.4 is 10.9 Å². The molecule has 0 spiro atoms. The highest BCUT2D eigenvalue weighted by atomic mass is 35.5. The summed E-state index contributed by atoms with van der Waals surface area (Å²) >= 11 is 6.08. The predicted molar refractivity (Wildman–Crippen MR) is 130 cm³/mol. The molecule has 0 saturated carbocycles. The largest absolute Gasteiger partial charge is 0.324 e. The van der Waals surface area contributed by atoms with E-state index in [1.807, 2.05) is 34.6 Å². The summed E-state index contributed by atoms with van der Waals surface area (Å²) in [4.78, 5) is 21.6. The van der Waals surface area contributed by atoms with Crippen molar-refractivity contribution in [3.05, 3.63) is 51.4 Å². The third-order valence-electron chi connectivity index (χ3n) is 6.08. The van der Waals surface area contributed by atoms with Crippen molar-refractivity contribution in [2.45, 2.75) is 64.2 Å². The Kier molecular flexibility index (Phi) is 6.41. The molecule has 0 aliphatic heterocycles. The van der Waals surface area contributed by atoms with Gasteiger partial charge in [0, 0.05) is 23.3 Å². The number of benzene rings is 1. The Morgan fingerprint density at radius 2 is 1.78 bits per heavy atom. The van der Waals surface area contributed by atoms with Gasteiger partial charge in [-0.15, -0.1) is 0 Å². The first-order valence-corrected chi connectivity index (χ1v) is 12.3. The van der Waals surface area contributed by atoms with Gasteiger partial charge in [0.05, 0.1) is 9.64 Å². The van der Waals surface area contributed by atoms with Crippen LogP contribution in [-0.4, -0.2) is 27.7 Å². The normalized spacial score (nSPS) is 12.7. The Bertz CT molecular complexity index is 1350. The summed E-state index contributed by atoms with van der Waals surface area (Å²) in [6, 6.07) is 6.39. The summed E-state index contributed by atoms with van der Waals surface area (Å²) in [5.41, 5.74) is 1.59. The van der Waals surface area contributed by atoms with Gasteiger partial charge in [-0.25, -0.2) is 13.4 Å². The number of pyridine rings is 1. The molecule has 1 N–H and O–H groups in total. The molecule has 0 atom stereocenters. The van der Waals surface area contributed by atoms with Crippen molar-refractivity contribution in [1.82, 2.24) is 14.5 Å². The van der Waals surface area contributed by atoms with Gasteiger partial charge in [0.1, 0.15) is 10.7 Å². The van der Waals surface area contributed by atoms with E-state index < -0.39 is 14.6 Å². The minimum Gasteiger partial charge on any atom is -0.324 e. The molecule has 0 unspecified atom stereocenters. The number of hydrogen-bond donors (Lipinski definition) is 1. The zero-order chi connectivity index (χ0) is 24.0. The lowest BCUT2D eigenvalue weighted by atomic mass is 10.00. The molecule has 0 amide bonds. The molecule has 0 fully saturated rings. The number of nitrogens with zero attached hydrogens (tertiary/aromatic N) is 3. The summed E-state index contributed by atoms with van der Waals surface area (Å²) in [7, 11) is -3.51. The highest BCUT2D eigenvalue weighted by molar-refractivity contribution is 7.92. The van der Waals surface area contributed by atoms with Crippen LogP contribution in [0.5, 0.6) is 0 Å². The van der Waals surface area contributed by atoms with Gasteiger partial charge in [-0.3, -0.25) is 9.36 Å². The number of fused-ring (bicyclic) bond motifs is 1. The second kappa shape index (κ2) is 8.48. The number of rotatable bonds is 6. The molecule has 0 radical (unpaired) electrons. The number of aromatic nitrogens is 3. The van der Waals surface area contributed by atoms with E-state index in [-0.39, 0.29) is 27.4 Å². The zero-order valence-electron chi connectivity index (χ0n) is 19.4. The van der Waals surface area contributed by atoms with Crippen LogP contribution in [0.2, 0.25) is 5.02 Å². The fraction of sp³-hybridized carbons (Fsp3) is 0.435. The van der Waals surface area contributed by atoms with Crippen LogP contribution in [0.25, 0.3) is 11.0 Å². The van der Waals surface area contributed by atoms with Crippen LogP contribution in [0.1, 0.15) is 53.1 Å². The Morgan fingerprint density at radius 3 is 2.34 bits per heavy atom. The number of hydrogen-bond acceptors (Lipinski definition) is 6. The number of aryl methyl sites for hydroxylation is 1. The maximum atomic E-state index is 13.1. The maximum Gasteiger partial charge on any atom is 0.271 e. The van der Waals surface area contributed by atoms with Gasteiger partial charge in [0.2, 0.25) is 5.95 Å². The van der Waals surface area contributed by atoms with Gasteiger partial charge in [0.25, 0.3) is 5.56 Å². The van der Waals surface area contributed by atoms with Crippen LogP contribution in [0, 0.1) is 12.8 Å². The molecule has 3 rings (SSSR count). The number of anilines is 2. The molecule has 32 heavy (non-hydrogen) atoms. The second-order valence-electron chi connectivity index (χ2n) is 9.10. The molecule has 172 valence electrons. The number of sulfone groups is 1. The van der Waals surface area contributed by atoms with Gasteiger partial charge < -0.3 is 5.32 Å². The van der Waals surface area contributed by atoms with E-state index in [1.54, 1.807) is 44.3 Å². The summed E-state index contributed by atoms with van der Waals surface area (Å²) in [6.45, 7) is 12.9. The number of nitrogens with one attached hydrogen (secondary N) is 1. The van der Waals surface area contributed by atoms with Crippen LogP contribution in [0.3, 0.4) is 0 Å². The van der Waals surface area contributed by atoms with E-state index in [0.29, 0.717) is 22.7 Å². The Hall–Kier alpha value is -2.45. The standard InChI is InChI=1S/C23H29ClN4O3S/c1-13(2)23(6,7)32(30,31)17-8-9-19(15(5)10-17)26-22-25-12-16-11-18(24)21(29)28(14(3)4)20(16)27-22/h8-14H,1-7H3,(H,25,26,27). The third-order valence-corrected chi connectivity index (χ3v) is 9.09. The van der Waals surface area contributed by atoms with Crippen LogP contribution in [-0.2, 0) is 9.84 Å². The van der Waals surface area contributed by atoms with Crippen molar-refractivity contribution in [3.8, 4) is 0 Å². The molecule has 2 heterocycles. The van der Waals surface area contributed by atoms with Gasteiger partial charge in [0.15, 0.2) is 9.84 Å². The molecule has 0 bridgehead atoms. The van der Waals surface area contributed by atoms with E-state index >= 15 is 0 Å². The Labute approximate surface area is 193 Å². The van der Waals surface area contributed by atoms with Crippen molar-refractivity contribution in [2.75, 3.05) is 5.32 Å². The third kappa shape index (κ3) is 4.13. The summed E-state index contributed by atoms with van der Waals surface area (Å²) in [5.74, 6) is 0.263. The smallest absolute Gasteiger partial charge is 0.271 e. The van der Waals surface area contributed by atoms with Crippen molar-refractivity contribution in [3.63, 3.8) is 0 Å². The van der Waals surface area contributed by atoms with Crippen molar-refractivity contribution in [2.24, 2.45) is 5.92 Å². The van der Waals surface area contributed by atoms with Gasteiger partial charge >= 0.3 is 0 Å². The highest BCUT2D eigenvalue weighted by Gasteiger charge is 2.38. The van der Waals surface area contributed by atoms with Gasteiger partial charge in [-0.05, 0) is 70.4 Å². The van der Waals surface area contributed by atoms with Crippen LogP contribution >= 0.6 is 11.6 Å². The summed E-state index contributed by atoms with van der Waals surface area (Å²) < 4.78 is 26.9. The molecule has 9 heteroatoms. The lowest BCUT2D eigenvalue weighted by Crippen LogP contribution is -2.37. The SMILES string of the molecule is Cc1cc(S(=O)(=O)C(C)(C)C(C)C)ccc1Nc1ncc2cc(Cl)c(=O)n(C(C)C)c2n1. The lowest BCUT2D eigenvalue weighted by molar-refractivity contribution is 0.454. The molecule has 0 aliphatic rings. The molecule has 1 aromatic carbocycles. The first-order chi connectivity index (χ1) is 14.8. The highest BCUT2D eigenvalue weighted by Crippen LogP contribution is 2.33. The number of halogens is 1. The predicted octanol–water partition coefficient (Wildman–Crippen LogP) is 5.29. The van der Waals surface area contributed by atoms with Crippen molar-refractivity contribution < 1.29 is 8.42 Å². The van der Waals surface area contributed by atoms with E-state index in [1.165, 1.54) is 4.57 Å². The average molecular weight is 477 g/mol. The summed E-state index contributed by atoms with van der Waals surface area (Å²) in [5, 5.41) is 3.91. The zero-order valence-corrected chi connectivity index (χ0v) is 21.0. The minimum atomic E-state index is -3.51. The molecule has 0 saturated heterocycles. The fourth-order valence-corrected chi connectivity index (χ4v) is 5.32. The average Bonchev–Trinajstić information content (AvgIpc) is 2.70. The molecule has 0 aliphatic carbocycles. The Morgan fingerprint density at radius 1 is 1.12 bits per heavy atom. The van der Waals surface area contributed by atoms with Crippen molar-refractivity contribution >= 4 is 44.1 Å². The van der Waals surface area contributed by atoms with Crippen LogP contribution in [0.4, 0.5) is 11.6 Å². The maximum absolute atomic E-state index is 13.1. The quantitative estimate of drug-likeness (QED) is 0.519. The molecular formula is C23H29ClN4O3S. The monoisotopic (exact) mass is 476 g/mol. The first kappa shape index (κ1) is 24.2. The minimum absolute atomic E-state index is 0.0383. The summed E-state index contributed by atoms with van der Waals surface area (Å²) in [6.07, 6.45) is 1.61. The molecule has 7 nitrogen and oxygen atoms in total. The molecular weight excluding hydrogens is 448 g/mol. The second-order valence-corrected chi connectivity index (χ2v) is 12.0. The van der Waals surface area contributed by atoms with E-state index in [4.69, 9.17) is 11.6 Å². The van der Waals surface area contributed by atoms with Crippen LogP contribution in [0.15, 0.2) is 40.2 Å². The Balaban J connectivity index is 2.02. The van der Waals surface area contributed by atoms with E-state index in [2.05, 4.69) is 15.3 Å². The van der Waals surface area contributed by atoms with E-state index in [9.17, 15) is 13.2 Å². The first-order valence-electron chi connectivity index (χ1n) is 10.5. The van der Waals surface area contributed by atoms with Gasteiger partial charge in [-0.2, -0.15) is 4.98 Å². The molecule has 2 aromatic heterocycles. The molecule has 3 aromatic rings. The lowest BCUT2D eigenvalue weighted by Gasteiger charge is -2.29. The fourth-order valence-electron chi connectivity index (χ4n) is 3.30. The van der Waals surface area contributed by atoms with Crippen molar-refractivity contribution in [1.29, 1.82) is 0 Å². The topological polar surface area (TPSA) is 94.0 Å².